The average Bonchev–Trinajstić information content (AvgIpc) is 1.98. The maximum absolute atomic E-state index is 5.36. The second kappa shape index (κ2) is 2.90. The lowest BCUT2D eigenvalue weighted by Crippen LogP contribution is -3.00. The molecule has 0 saturated heterocycles. The van der Waals surface area contributed by atoms with Gasteiger partial charge in [0.2, 0.25) is 0 Å². The van der Waals surface area contributed by atoms with Gasteiger partial charge in [0.1, 0.15) is 0 Å². The Hall–Kier alpha value is -0.730. The summed E-state index contributed by atoms with van der Waals surface area (Å²) in [5, 5.41) is 3.72. The molecule has 0 atom stereocenters. The normalized spacial score (nSPS) is 8.90. The number of rotatable bonds is 0. The Morgan fingerprint density at radius 3 is 2.10 bits per heavy atom. The van der Waals surface area contributed by atoms with Gasteiger partial charge in [-0.15, -0.1) is 9.36 Å². The van der Waals surface area contributed by atoms with Crippen LogP contribution in [0.15, 0.2) is 0 Å². The van der Waals surface area contributed by atoms with Gasteiger partial charge in [-0.3, -0.25) is 0 Å². The zero-order chi connectivity index (χ0) is 7.02. The molecule has 0 amide bonds. The molecule has 0 aromatic carbocycles. The molecule has 0 aliphatic rings. The van der Waals surface area contributed by atoms with E-state index in [1.807, 2.05) is 0 Å². The van der Waals surface area contributed by atoms with Gasteiger partial charge in [-0.25, -0.2) is 0 Å². The van der Waals surface area contributed by atoms with Gasteiger partial charge in [0.25, 0.3) is 0 Å². The van der Waals surface area contributed by atoms with Crippen molar-refractivity contribution < 1.29 is 28.7 Å². The summed E-state index contributed by atoms with van der Waals surface area (Å²) < 4.78 is 2.51. The fraction of sp³-hybridized carbons (Fsp3) is 0.333. The largest absolute Gasteiger partial charge is 1.00 e. The van der Waals surface area contributed by atoms with E-state index in [4.69, 9.17) is 17.3 Å². The van der Waals surface area contributed by atoms with Crippen LogP contribution in [-0.4, -0.2) is 9.78 Å². The van der Waals surface area contributed by atoms with Gasteiger partial charge in [0, 0.05) is 5.10 Å². The lowest BCUT2D eigenvalue weighted by molar-refractivity contribution is -0.609. The molecule has 0 radical (unpaired) electrons. The Kier molecular flexibility index (Phi) is 2.69. The monoisotopic (exact) mass is 256 g/mol. The molecule has 1 rings (SSSR count). The molecule has 10 heavy (non-hydrogen) atoms. The second-order valence-corrected chi connectivity index (χ2v) is 1.71. The highest BCUT2D eigenvalue weighted by Crippen LogP contribution is 1.90. The van der Waals surface area contributed by atoms with Crippen LogP contribution in [0.4, 0.5) is 11.9 Å². The van der Waals surface area contributed by atoms with Crippen molar-refractivity contribution in [2.45, 2.75) is 0 Å². The first-order valence-electron chi connectivity index (χ1n) is 2.38. The zero-order valence-electron chi connectivity index (χ0n) is 5.45. The van der Waals surface area contributed by atoms with Crippen molar-refractivity contribution in [3.8, 4) is 0 Å². The highest BCUT2D eigenvalue weighted by molar-refractivity contribution is 5.14. The molecule has 58 valence electrons. The molecule has 0 unspecified atom stereocenters. The van der Waals surface area contributed by atoms with Gasteiger partial charge in [-0.1, -0.05) is 0 Å². The Morgan fingerprint density at radius 2 is 2.00 bits per heavy atom. The van der Waals surface area contributed by atoms with Crippen LogP contribution < -0.4 is 46.0 Å². The lowest BCUT2D eigenvalue weighted by Gasteiger charge is -1.86. The predicted octanol–water partition coefficient (Wildman–Crippen LogP) is -5.41. The first kappa shape index (κ1) is 9.27. The average molecular weight is 256 g/mol. The van der Waals surface area contributed by atoms with E-state index in [2.05, 4.69) is 5.10 Å². The van der Waals surface area contributed by atoms with Gasteiger partial charge in [-0.05, 0) is 0 Å². The smallest absolute Gasteiger partial charge is 0.367 e. The quantitative estimate of drug-likeness (QED) is 0.245. The highest BCUT2D eigenvalue weighted by atomic mass is 127. The van der Waals surface area contributed by atoms with Crippen LogP contribution in [-0.2, 0) is 7.05 Å². The number of hydrogen-bond donors (Lipinski definition) is 3. The maximum atomic E-state index is 5.36. The topological polar surface area (TPSA) is 99.8 Å². The minimum atomic E-state index is 0. The molecular formula is C3H9IN6. The summed E-state index contributed by atoms with van der Waals surface area (Å²) in [6, 6.07) is 0. The predicted molar refractivity (Wildman–Crippen MR) is 32.4 cm³/mol. The summed E-state index contributed by atoms with van der Waals surface area (Å²) in [4.78, 5) is 0. The molecule has 0 aliphatic heterocycles. The molecule has 0 fully saturated rings. The van der Waals surface area contributed by atoms with Crippen molar-refractivity contribution in [2.75, 3.05) is 17.3 Å². The summed E-state index contributed by atoms with van der Waals surface area (Å²) in [7, 11) is 1.66. The van der Waals surface area contributed by atoms with E-state index in [0.29, 0.717) is 5.95 Å². The molecule has 0 saturated carbocycles. The van der Waals surface area contributed by atoms with Gasteiger partial charge >= 0.3 is 11.9 Å². The standard InChI is InChI=1S/C3H8N6.HI/c1-8-3(5)9(6)2(4)7-8;/h5H,6H2,1H3,(H2,4,7);1H. The fourth-order valence-electron chi connectivity index (χ4n) is 0.526. The Labute approximate surface area is 75.0 Å². The highest BCUT2D eigenvalue weighted by Gasteiger charge is 2.11. The van der Waals surface area contributed by atoms with Gasteiger partial charge < -0.3 is 41.3 Å². The minimum Gasteiger partial charge on any atom is -1.00 e. The summed E-state index contributed by atoms with van der Waals surface area (Å²) in [6.45, 7) is 0. The maximum Gasteiger partial charge on any atom is 0.367 e. The molecule has 6 N–H and O–H groups in total. The Morgan fingerprint density at radius 1 is 1.50 bits per heavy atom. The van der Waals surface area contributed by atoms with Crippen LogP contribution in [0.5, 0.6) is 0 Å². The number of aromatic nitrogens is 3. The zero-order valence-corrected chi connectivity index (χ0v) is 7.61. The molecule has 0 spiro atoms. The molecule has 1 heterocycles. The van der Waals surface area contributed by atoms with Gasteiger partial charge in [0.05, 0.1) is 7.05 Å². The van der Waals surface area contributed by atoms with Crippen molar-refractivity contribution >= 4 is 11.9 Å². The SMILES string of the molecule is Cn1nc(N)[n+](N)c1N.[I-]. The van der Waals surface area contributed by atoms with E-state index < -0.39 is 0 Å². The van der Waals surface area contributed by atoms with Gasteiger partial charge in [-0.2, -0.15) is 0 Å². The first-order chi connectivity index (χ1) is 4.13. The van der Waals surface area contributed by atoms with E-state index in [0.717, 1.165) is 4.68 Å². The van der Waals surface area contributed by atoms with Gasteiger partial charge in [0.15, 0.2) is 0 Å². The molecular weight excluding hydrogens is 247 g/mol. The fourth-order valence-corrected chi connectivity index (χ4v) is 0.526. The summed E-state index contributed by atoms with van der Waals surface area (Å²) in [6.07, 6.45) is 0. The van der Waals surface area contributed by atoms with E-state index in [1.54, 1.807) is 7.05 Å². The van der Waals surface area contributed by atoms with Crippen LogP contribution in [0.1, 0.15) is 0 Å². The summed E-state index contributed by atoms with van der Waals surface area (Å²) in [5.41, 5.74) is 10.6. The van der Waals surface area contributed by atoms with Crippen molar-refractivity contribution in [3.05, 3.63) is 0 Å². The summed E-state index contributed by atoms with van der Waals surface area (Å²) in [5.74, 6) is 5.82. The first-order valence-corrected chi connectivity index (χ1v) is 2.38. The number of hydrogen-bond acceptors (Lipinski definition) is 4. The lowest BCUT2D eigenvalue weighted by atomic mass is 11.0. The van der Waals surface area contributed by atoms with Crippen LogP contribution in [0.3, 0.4) is 0 Å². The number of nitrogens with two attached hydrogens (primary N) is 3. The van der Waals surface area contributed by atoms with E-state index in [-0.39, 0.29) is 29.9 Å². The number of aryl methyl sites for hydroxylation is 1. The molecule has 1 aromatic heterocycles. The second-order valence-electron chi connectivity index (χ2n) is 1.71. The van der Waals surface area contributed by atoms with Crippen molar-refractivity contribution in [3.63, 3.8) is 0 Å². The van der Waals surface area contributed by atoms with Crippen molar-refractivity contribution in [2.24, 2.45) is 7.05 Å². The van der Waals surface area contributed by atoms with E-state index in [9.17, 15) is 0 Å². The van der Waals surface area contributed by atoms with Crippen molar-refractivity contribution in [1.82, 2.24) is 9.78 Å². The third-order valence-electron chi connectivity index (χ3n) is 1.08. The minimum absolute atomic E-state index is 0. The van der Waals surface area contributed by atoms with Crippen molar-refractivity contribution in [1.29, 1.82) is 0 Å². The van der Waals surface area contributed by atoms with E-state index >= 15 is 0 Å². The third-order valence-corrected chi connectivity index (χ3v) is 1.08. The van der Waals surface area contributed by atoms with Crippen LogP contribution in [0, 0.1) is 0 Å². The number of anilines is 2. The molecule has 6 nitrogen and oxygen atoms in total. The molecule has 7 heteroatoms. The molecule has 1 aromatic rings. The molecule has 0 aliphatic carbocycles. The van der Waals surface area contributed by atoms with Crippen LogP contribution in [0.2, 0.25) is 0 Å². The van der Waals surface area contributed by atoms with Crippen LogP contribution >= 0.6 is 0 Å². The third kappa shape index (κ3) is 1.23. The Bertz CT molecular complexity index is 207. The van der Waals surface area contributed by atoms with Crippen LogP contribution in [0.25, 0.3) is 0 Å². The summed E-state index contributed by atoms with van der Waals surface area (Å²) >= 11 is 0. The number of nitrogen functional groups attached to an aromatic ring is 3. The Balaban J connectivity index is 0.000000810. The number of halogens is 1. The van der Waals surface area contributed by atoms with E-state index in [1.165, 1.54) is 4.68 Å². The molecule has 0 bridgehead atoms. The number of nitrogens with zero attached hydrogens (tertiary/aromatic N) is 3.